The summed E-state index contributed by atoms with van der Waals surface area (Å²) in [6.07, 6.45) is 1.73. The number of hydrogen-bond acceptors (Lipinski definition) is 4. The molecule has 1 aromatic heterocycles. The Hall–Kier alpha value is -1.46. The number of halogens is 1. The maximum absolute atomic E-state index is 12.8. The van der Waals surface area contributed by atoms with Crippen LogP contribution in [-0.2, 0) is 19.4 Å². The van der Waals surface area contributed by atoms with Crippen LogP contribution in [0.5, 0.6) is 5.75 Å². The largest absolute Gasteiger partial charge is 0.493 e. The number of ether oxygens (including phenoxy) is 1. The molecule has 0 saturated carbocycles. The fraction of sp³-hybridized carbons (Fsp3) is 0.400. The Balaban J connectivity index is 1.89. The molecule has 0 atom stereocenters. The summed E-state index contributed by atoms with van der Waals surface area (Å²) < 4.78 is 18.4. The Morgan fingerprint density at radius 3 is 2.70 bits per heavy atom. The molecule has 1 heterocycles. The van der Waals surface area contributed by atoms with Crippen molar-refractivity contribution >= 4 is 11.3 Å². The highest BCUT2D eigenvalue weighted by Gasteiger charge is 2.09. The number of nitrogens with one attached hydrogen (secondary N) is 1. The van der Waals surface area contributed by atoms with Crippen molar-refractivity contribution in [2.24, 2.45) is 0 Å². The highest BCUT2D eigenvalue weighted by molar-refractivity contribution is 7.11. The molecule has 0 aliphatic heterocycles. The third-order valence-corrected chi connectivity index (χ3v) is 4.05. The summed E-state index contributed by atoms with van der Waals surface area (Å²) in [4.78, 5) is 5.93. The van der Waals surface area contributed by atoms with E-state index in [1.54, 1.807) is 23.5 Å². The van der Waals surface area contributed by atoms with Crippen LogP contribution in [-0.4, -0.2) is 18.6 Å². The van der Waals surface area contributed by atoms with Crippen LogP contribution in [0.3, 0.4) is 0 Å². The minimum Gasteiger partial charge on any atom is -0.493 e. The fourth-order valence-electron chi connectivity index (χ4n) is 1.91. The van der Waals surface area contributed by atoms with Gasteiger partial charge >= 0.3 is 0 Å². The number of thiazole rings is 1. The lowest BCUT2D eigenvalue weighted by atomic mass is 10.3. The molecule has 0 bridgehead atoms. The molecular weight excluding hydrogens is 275 g/mol. The zero-order valence-electron chi connectivity index (χ0n) is 11.8. The lowest BCUT2D eigenvalue weighted by Gasteiger charge is -2.04. The summed E-state index contributed by atoms with van der Waals surface area (Å²) in [5.74, 6) is 0.440. The molecule has 0 radical (unpaired) electrons. The molecule has 0 aliphatic carbocycles. The van der Waals surface area contributed by atoms with Crippen LogP contribution in [0.2, 0.25) is 0 Å². The third kappa shape index (κ3) is 4.02. The zero-order chi connectivity index (χ0) is 14.4. The summed E-state index contributed by atoms with van der Waals surface area (Å²) in [7, 11) is 1.94. The van der Waals surface area contributed by atoms with Gasteiger partial charge in [-0.15, -0.1) is 11.3 Å². The number of benzene rings is 1. The van der Waals surface area contributed by atoms with E-state index in [1.165, 1.54) is 22.7 Å². The minimum absolute atomic E-state index is 0.249. The van der Waals surface area contributed by atoms with Gasteiger partial charge in [-0.25, -0.2) is 9.37 Å². The highest BCUT2D eigenvalue weighted by atomic mass is 32.1. The number of rotatable bonds is 7. The van der Waals surface area contributed by atoms with Crippen LogP contribution < -0.4 is 10.1 Å². The Morgan fingerprint density at radius 1 is 1.30 bits per heavy atom. The zero-order valence-corrected chi connectivity index (χ0v) is 12.6. The van der Waals surface area contributed by atoms with Gasteiger partial charge in [-0.1, -0.05) is 6.92 Å². The second-order valence-corrected chi connectivity index (χ2v) is 5.58. The normalized spacial score (nSPS) is 10.8. The fourth-order valence-corrected chi connectivity index (χ4v) is 3.06. The molecule has 0 saturated heterocycles. The molecule has 2 aromatic rings. The standard InChI is InChI=1S/C15H19FN2OS/c1-3-13-14(10-17-2)20-15(18-13)8-9-19-12-6-4-11(16)5-7-12/h4-7,17H,3,8-10H2,1-2H3. The van der Waals surface area contributed by atoms with Crippen LogP contribution in [0, 0.1) is 5.82 Å². The molecule has 2 rings (SSSR count). The topological polar surface area (TPSA) is 34.1 Å². The summed E-state index contributed by atoms with van der Waals surface area (Å²) in [5, 5.41) is 4.25. The summed E-state index contributed by atoms with van der Waals surface area (Å²) >= 11 is 1.73. The van der Waals surface area contributed by atoms with E-state index < -0.39 is 0 Å². The van der Waals surface area contributed by atoms with Crippen molar-refractivity contribution < 1.29 is 9.13 Å². The Kier molecular flexibility index (Phi) is 5.49. The smallest absolute Gasteiger partial charge is 0.123 e. The predicted octanol–water partition coefficient (Wildman–Crippen LogP) is 3.19. The van der Waals surface area contributed by atoms with E-state index in [1.807, 2.05) is 7.05 Å². The number of aryl methyl sites for hydroxylation is 1. The number of nitrogens with zero attached hydrogens (tertiary/aromatic N) is 1. The maximum atomic E-state index is 12.8. The summed E-state index contributed by atoms with van der Waals surface area (Å²) in [6, 6.07) is 6.08. The molecule has 0 spiro atoms. The molecule has 5 heteroatoms. The van der Waals surface area contributed by atoms with E-state index in [0.717, 1.165) is 24.4 Å². The van der Waals surface area contributed by atoms with Crippen LogP contribution in [0.4, 0.5) is 4.39 Å². The van der Waals surface area contributed by atoms with Crippen molar-refractivity contribution in [1.29, 1.82) is 0 Å². The van der Waals surface area contributed by atoms with Crippen molar-refractivity contribution in [1.82, 2.24) is 10.3 Å². The first-order valence-corrected chi connectivity index (χ1v) is 7.55. The van der Waals surface area contributed by atoms with E-state index in [0.29, 0.717) is 12.4 Å². The van der Waals surface area contributed by atoms with Gasteiger partial charge in [0.05, 0.1) is 17.3 Å². The third-order valence-electron chi connectivity index (χ3n) is 2.89. The van der Waals surface area contributed by atoms with E-state index in [-0.39, 0.29) is 5.82 Å². The first-order chi connectivity index (χ1) is 9.72. The summed E-state index contributed by atoms with van der Waals surface area (Å²) in [6.45, 7) is 3.54. The minimum atomic E-state index is -0.249. The lowest BCUT2D eigenvalue weighted by molar-refractivity contribution is 0.321. The maximum Gasteiger partial charge on any atom is 0.123 e. The molecule has 0 aliphatic rings. The Labute approximate surface area is 122 Å². The van der Waals surface area contributed by atoms with Crippen LogP contribution >= 0.6 is 11.3 Å². The van der Waals surface area contributed by atoms with Gasteiger partial charge in [0.1, 0.15) is 11.6 Å². The molecular formula is C15H19FN2OS. The second-order valence-electron chi connectivity index (χ2n) is 4.41. The van der Waals surface area contributed by atoms with Gasteiger partial charge < -0.3 is 10.1 Å². The molecule has 1 aromatic carbocycles. The van der Waals surface area contributed by atoms with E-state index >= 15 is 0 Å². The molecule has 20 heavy (non-hydrogen) atoms. The lowest BCUT2D eigenvalue weighted by Crippen LogP contribution is -2.05. The Morgan fingerprint density at radius 2 is 2.05 bits per heavy atom. The van der Waals surface area contributed by atoms with Crippen LogP contribution in [0.25, 0.3) is 0 Å². The van der Waals surface area contributed by atoms with Crippen LogP contribution in [0.15, 0.2) is 24.3 Å². The summed E-state index contributed by atoms with van der Waals surface area (Å²) in [5.41, 5.74) is 1.17. The molecule has 0 amide bonds. The van der Waals surface area contributed by atoms with E-state index in [4.69, 9.17) is 4.74 Å². The first-order valence-electron chi connectivity index (χ1n) is 6.73. The molecule has 3 nitrogen and oxygen atoms in total. The van der Waals surface area contributed by atoms with Gasteiger partial charge in [0.15, 0.2) is 0 Å². The second kappa shape index (κ2) is 7.36. The monoisotopic (exact) mass is 294 g/mol. The first kappa shape index (κ1) is 14.9. The van der Waals surface area contributed by atoms with Gasteiger partial charge in [0.25, 0.3) is 0 Å². The Bertz CT molecular complexity index is 539. The average molecular weight is 294 g/mol. The molecule has 1 N–H and O–H groups in total. The van der Waals surface area contributed by atoms with Crippen molar-refractivity contribution in [3.05, 3.63) is 45.7 Å². The SMILES string of the molecule is CCc1nc(CCOc2ccc(F)cc2)sc1CNC. The number of hydrogen-bond donors (Lipinski definition) is 1. The average Bonchev–Trinajstić information content (AvgIpc) is 2.84. The quantitative estimate of drug-likeness (QED) is 0.851. The molecule has 0 fully saturated rings. The molecule has 0 unspecified atom stereocenters. The van der Waals surface area contributed by atoms with E-state index in [2.05, 4.69) is 17.2 Å². The van der Waals surface area contributed by atoms with Gasteiger partial charge in [-0.05, 0) is 37.7 Å². The van der Waals surface area contributed by atoms with Gasteiger partial charge in [-0.3, -0.25) is 0 Å². The van der Waals surface area contributed by atoms with Gasteiger partial charge in [0, 0.05) is 17.8 Å². The van der Waals surface area contributed by atoms with Crippen molar-refractivity contribution in [3.63, 3.8) is 0 Å². The predicted molar refractivity (Wildman–Crippen MR) is 79.9 cm³/mol. The van der Waals surface area contributed by atoms with Crippen molar-refractivity contribution in [2.45, 2.75) is 26.3 Å². The highest BCUT2D eigenvalue weighted by Crippen LogP contribution is 2.20. The van der Waals surface area contributed by atoms with E-state index in [9.17, 15) is 4.39 Å². The molecule has 108 valence electrons. The van der Waals surface area contributed by atoms with Gasteiger partial charge in [0.2, 0.25) is 0 Å². The van der Waals surface area contributed by atoms with Crippen molar-refractivity contribution in [2.75, 3.05) is 13.7 Å². The van der Waals surface area contributed by atoms with Crippen molar-refractivity contribution in [3.8, 4) is 5.75 Å². The number of aromatic nitrogens is 1. The van der Waals surface area contributed by atoms with Crippen LogP contribution in [0.1, 0.15) is 22.5 Å². The van der Waals surface area contributed by atoms with Gasteiger partial charge in [-0.2, -0.15) is 0 Å².